The summed E-state index contributed by atoms with van der Waals surface area (Å²) >= 11 is 0. The molecule has 1 aliphatic carbocycles. The molecule has 1 aromatic carbocycles. The van der Waals surface area contributed by atoms with Crippen LogP contribution in [0.4, 0.5) is 23.8 Å². The van der Waals surface area contributed by atoms with Gasteiger partial charge in [-0.1, -0.05) is 12.1 Å². The van der Waals surface area contributed by atoms with Crippen LogP contribution in [-0.2, 0) is 18.4 Å². The first kappa shape index (κ1) is 25.4. The van der Waals surface area contributed by atoms with E-state index in [-0.39, 0.29) is 24.4 Å². The van der Waals surface area contributed by atoms with Crippen molar-refractivity contribution in [2.45, 2.75) is 63.7 Å². The highest BCUT2D eigenvalue weighted by molar-refractivity contribution is 5.98. The number of aromatic nitrogens is 4. The van der Waals surface area contributed by atoms with Gasteiger partial charge in [-0.2, -0.15) is 13.2 Å². The summed E-state index contributed by atoms with van der Waals surface area (Å²) < 4.78 is 52.6. The molecule has 6 rings (SSSR count). The van der Waals surface area contributed by atoms with E-state index < -0.39 is 17.6 Å². The molecule has 1 unspecified atom stereocenters. The van der Waals surface area contributed by atoms with Crippen LogP contribution in [0.25, 0.3) is 10.9 Å². The third-order valence-corrected chi connectivity index (χ3v) is 7.59. The second-order valence-electron chi connectivity index (χ2n) is 10.2. The predicted molar refractivity (Wildman–Crippen MR) is 136 cm³/mol. The Bertz CT molecular complexity index is 1540. The van der Waals surface area contributed by atoms with Gasteiger partial charge in [-0.05, 0) is 63.4 Å². The van der Waals surface area contributed by atoms with Gasteiger partial charge in [0.1, 0.15) is 17.5 Å². The average Bonchev–Trinajstić information content (AvgIpc) is 3.42. The number of ether oxygens (including phenoxy) is 1. The van der Waals surface area contributed by atoms with Gasteiger partial charge in [0.05, 0.1) is 11.2 Å². The third-order valence-electron chi connectivity index (χ3n) is 7.59. The summed E-state index contributed by atoms with van der Waals surface area (Å²) in [7, 11) is 0. The maximum absolute atomic E-state index is 13.4. The van der Waals surface area contributed by atoms with Crippen molar-refractivity contribution < 1.29 is 27.2 Å². The first-order valence-corrected chi connectivity index (χ1v) is 12.9. The van der Waals surface area contributed by atoms with Crippen molar-refractivity contribution in [3.05, 3.63) is 59.9 Å². The standard InChI is InChI=1S/C27H27F3N6O3/c1-3-9-35-14-20-19(11-16(35)2)24(32-15-31-20)38-18-4-5-21-17(12-18)6-10-36(21)25(37)33-23-13-22(39-34-23)26(7-8-26)27(28,29)30/h4-6,10,12-13,15-16H,3,7-9,11,14H2,1-2H3,(H,33,34,37). The number of nitrogens with one attached hydrogen (secondary N) is 1. The molecule has 9 nitrogen and oxygen atoms in total. The van der Waals surface area contributed by atoms with Crippen molar-refractivity contribution in [1.82, 2.24) is 24.6 Å². The molecule has 39 heavy (non-hydrogen) atoms. The molecule has 0 bridgehead atoms. The highest BCUT2D eigenvalue weighted by atomic mass is 19.4. The summed E-state index contributed by atoms with van der Waals surface area (Å²) in [6, 6.07) is 7.94. The van der Waals surface area contributed by atoms with Crippen molar-refractivity contribution in [2.24, 2.45) is 0 Å². The largest absolute Gasteiger partial charge is 0.439 e. The summed E-state index contributed by atoms with van der Waals surface area (Å²) in [5, 5.41) is 6.88. The second-order valence-corrected chi connectivity index (χ2v) is 10.2. The number of nitrogens with zero attached hydrogens (tertiary/aromatic N) is 5. The minimum absolute atomic E-state index is 0.0557. The van der Waals surface area contributed by atoms with E-state index in [9.17, 15) is 18.0 Å². The molecule has 1 fully saturated rings. The van der Waals surface area contributed by atoms with E-state index in [0.717, 1.165) is 48.6 Å². The van der Waals surface area contributed by atoms with E-state index >= 15 is 0 Å². The van der Waals surface area contributed by atoms with Gasteiger partial charge in [0.25, 0.3) is 0 Å². The normalized spacial score (nSPS) is 18.6. The van der Waals surface area contributed by atoms with E-state index in [1.54, 1.807) is 30.5 Å². The summed E-state index contributed by atoms with van der Waals surface area (Å²) in [4.78, 5) is 24.2. The van der Waals surface area contributed by atoms with Crippen molar-refractivity contribution in [1.29, 1.82) is 0 Å². The molecule has 1 aliphatic heterocycles. The quantitative estimate of drug-likeness (QED) is 0.318. The molecule has 12 heteroatoms. The Balaban J connectivity index is 1.18. The van der Waals surface area contributed by atoms with Gasteiger partial charge < -0.3 is 9.26 Å². The fraction of sp³-hybridized carbons (Fsp3) is 0.407. The number of halogens is 3. The maximum atomic E-state index is 13.4. The zero-order valence-corrected chi connectivity index (χ0v) is 21.5. The number of anilines is 1. The average molecular weight is 541 g/mol. The molecule has 0 radical (unpaired) electrons. The summed E-state index contributed by atoms with van der Waals surface area (Å²) in [5.74, 6) is 0.721. The zero-order valence-electron chi connectivity index (χ0n) is 21.5. The molecule has 1 atom stereocenters. The van der Waals surface area contributed by atoms with Crippen LogP contribution in [0, 0.1) is 0 Å². The lowest BCUT2D eigenvalue weighted by molar-refractivity contribution is -0.165. The fourth-order valence-corrected chi connectivity index (χ4v) is 5.22. The molecule has 3 aromatic heterocycles. The SMILES string of the molecule is CCCN1Cc2ncnc(Oc3ccc4c(ccn4C(=O)Nc4cc(C5(C(F)(F)F)CC5)on4)c3)c2CC1C. The number of benzene rings is 1. The smallest absolute Gasteiger partial charge is 0.401 e. The Kier molecular flexibility index (Phi) is 6.09. The number of carbonyl (C=O) groups excluding carboxylic acids is 1. The molecule has 204 valence electrons. The maximum Gasteiger partial charge on any atom is 0.401 e. The lowest BCUT2D eigenvalue weighted by Crippen LogP contribution is -2.39. The Morgan fingerprint density at radius 1 is 1.23 bits per heavy atom. The van der Waals surface area contributed by atoms with E-state index in [1.165, 1.54) is 10.9 Å². The van der Waals surface area contributed by atoms with E-state index in [0.29, 0.717) is 23.2 Å². The van der Waals surface area contributed by atoms with Crippen LogP contribution in [0.1, 0.15) is 50.1 Å². The highest BCUT2D eigenvalue weighted by Gasteiger charge is 2.66. The number of hydrogen-bond acceptors (Lipinski definition) is 7. The number of carbonyl (C=O) groups is 1. The highest BCUT2D eigenvalue weighted by Crippen LogP contribution is 2.59. The predicted octanol–water partition coefficient (Wildman–Crippen LogP) is 6.04. The van der Waals surface area contributed by atoms with E-state index in [4.69, 9.17) is 9.26 Å². The number of amides is 1. The van der Waals surface area contributed by atoms with Gasteiger partial charge >= 0.3 is 12.2 Å². The molecule has 1 saturated carbocycles. The topological polar surface area (TPSA) is 98.3 Å². The van der Waals surface area contributed by atoms with Crippen LogP contribution < -0.4 is 10.1 Å². The van der Waals surface area contributed by atoms with E-state index in [2.05, 4.69) is 39.2 Å². The molecular weight excluding hydrogens is 513 g/mol. The Labute approximate surface area is 222 Å². The van der Waals surface area contributed by atoms with Crippen LogP contribution in [0.15, 0.2) is 47.4 Å². The Hall–Kier alpha value is -3.93. The van der Waals surface area contributed by atoms with Crippen molar-refractivity contribution in [3.63, 3.8) is 0 Å². The van der Waals surface area contributed by atoms with Gasteiger partial charge in [0, 0.05) is 35.8 Å². The summed E-state index contributed by atoms with van der Waals surface area (Å²) in [5.41, 5.74) is 0.551. The minimum Gasteiger partial charge on any atom is -0.439 e. The van der Waals surface area contributed by atoms with Gasteiger partial charge in [-0.15, -0.1) is 0 Å². The van der Waals surface area contributed by atoms with Gasteiger partial charge in [0.15, 0.2) is 11.6 Å². The van der Waals surface area contributed by atoms with Gasteiger partial charge in [-0.25, -0.2) is 14.8 Å². The summed E-state index contributed by atoms with van der Waals surface area (Å²) in [6.07, 6.45) is 0.410. The van der Waals surface area contributed by atoms with Crippen LogP contribution in [0.3, 0.4) is 0 Å². The molecule has 1 amide bonds. The number of rotatable bonds is 6. The lowest BCUT2D eigenvalue weighted by atomic mass is 9.99. The van der Waals surface area contributed by atoms with Crippen LogP contribution in [0.2, 0.25) is 0 Å². The van der Waals surface area contributed by atoms with Crippen LogP contribution >= 0.6 is 0 Å². The first-order valence-electron chi connectivity index (χ1n) is 12.9. The van der Waals surface area contributed by atoms with Gasteiger partial charge in [0.2, 0.25) is 5.88 Å². The summed E-state index contributed by atoms with van der Waals surface area (Å²) in [6.45, 7) is 6.11. The van der Waals surface area contributed by atoms with Crippen molar-refractivity contribution in [3.8, 4) is 11.6 Å². The first-order chi connectivity index (χ1) is 18.7. The van der Waals surface area contributed by atoms with Crippen molar-refractivity contribution >= 4 is 22.8 Å². The molecule has 1 N–H and O–H groups in total. The minimum atomic E-state index is -4.43. The van der Waals surface area contributed by atoms with Crippen molar-refractivity contribution in [2.75, 3.05) is 11.9 Å². The number of hydrogen-bond donors (Lipinski definition) is 1. The zero-order chi connectivity index (χ0) is 27.4. The Morgan fingerprint density at radius 2 is 2.05 bits per heavy atom. The third kappa shape index (κ3) is 4.52. The second kappa shape index (κ2) is 9.37. The number of fused-ring (bicyclic) bond motifs is 2. The van der Waals surface area contributed by atoms with E-state index in [1.807, 2.05) is 0 Å². The monoisotopic (exact) mass is 540 g/mol. The molecule has 2 aliphatic rings. The fourth-order valence-electron chi connectivity index (χ4n) is 5.22. The Morgan fingerprint density at radius 3 is 2.79 bits per heavy atom. The van der Waals surface area contributed by atoms with Gasteiger partial charge in [-0.3, -0.25) is 14.8 Å². The number of alkyl halides is 3. The lowest BCUT2D eigenvalue weighted by Gasteiger charge is -2.34. The van der Waals surface area contributed by atoms with Crippen LogP contribution in [-0.4, -0.2) is 49.4 Å². The molecule has 4 aromatic rings. The molecular formula is C27H27F3N6O3. The molecule has 4 heterocycles. The molecule has 0 spiro atoms. The molecule has 0 saturated heterocycles. The van der Waals surface area contributed by atoms with Crippen LogP contribution in [0.5, 0.6) is 11.6 Å².